The number of aryl methyl sites for hydroxylation is 3. The predicted octanol–water partition coefficient (Wildman–Crippen LogP) is 2.84. The molecular weight excluding hydrogens is 248 g/mol. The van der Waals surface area contributed by atoms with Crippen molar-refractivity contribution in [2.24, 2.45) is 5.73 Å². The second-order valence-electron chi connectivity index (χ2n) is 5.32. The maximum Gasteiger partial charge on any atom is 0.255 e. The highest BCUT2D eigenvalue weighted by Crippen LogP contribution is 2.21. The molecule has 106 valence electrons. The van der Waals surface area contributed by atoms with Crippen LogP contribution in [-0.2, 0) is 6.54 Å². The van der Waals surface area contributed by atoms with E-state index >= 15 is 0 Å². The van der Waals surface area contributed by atoms with Gasteiger partial charge >= 0.3 is 0 Å². The van der Waals surface area contributed by atoms with Gasteiger partial charge in [-0.3, -0.25) is 4.79 Å². The van der Waals surface area contributed by atoms with Crippen LogP contribution in [0.3, 0.4) is 0 Å². The summed E-state index contributed by atoms with van der Waals surface area (Å²) >= 11 is 0. The van der Waals surface area contributed by atoms with Gasteiger partial charge in [-0.1, -0.05) is 23.8 Å². The van der Waals surface area contributed by atoms with Gasteiger partial charge in [0.2, 0.25) is 0 Å². The van der Waals surface area contributed by atoms with Gasteiger partial charge in [0.25, 0.3) is 5.56 Å². The molecule has 2 rings (SSSR count). The Morgan fingerprint density at radius 3 is 2.35 bits per heavy atom. The van der Waals surface area contributed by atoms with Crippen molar-refractivity contribution in [3.63, 3.8) is 0 Å². The topological polar surface area (TPSA) is 48.0 Å². The minimum absolute atomic E-state index is 0.0139. The molecule has 1 aromatic carbocycles. The molecule has 0 aliphatic carbocycles. The lowest BCUT2D eigenvalue weighted by atomic mass is 9.95. The molecule has 0 saturated carbocycles. The minimum atomic E-state index is -0.374. The van der Waals surface area contributed by atoms with Crippen molar-refractivity contribution < 1.29 is 0 Å². The molecule has 0 aliphatic heterocycles. The fourth-order valence-corrected chi connectivity index (χ4v) is 2.66. The molecule has 0 radical (unpaired) electrons. The lowest BCUT2D eigenvalue weighted by Gasteiger charge is -2.17. The second-order valence-corrected chi connectivity index (χ2v) is 5.32. The zero-order valence-electron chi connectivity index (χ0n) is 12.6. The molecule has 3 nitrogen and oxygen atoms in total. The fourth-order valence-electron chi connectivity index (χ4n) is 2.66. The Labute approximate surface area is 120 Å². The van der Waals surface area contributed by atoms with Crippen LogP contribution in [0.25, 0.3) is 0 Å². The van der Waals surface area contributed by atoms with E-state index in [1.807, 2.05) is 45.0 Å². The quantitative estimate of drug-likeness (QED) is 0.932. The molecule has 0 aliphatic rings. The molecule has 1 unspecified atom stereocenters. The van der Waals surface area contributed by atoms with E-state index in [1.165, 1.54) is 5.56 Å². The molecule has 20 heavy (non-hydrogen) atoms. The van der Waals surface area contributed by atoms with Crippen LogP contribution in [0.2, 0.25) is 0 Å². The van der Waals surface area contributed by atoms with Crippen LogP contribution in [0.15, 0.2) is 35.1 Å². The first-order chi connectivity index (χ1) is 9.45. The Morgan fingerprint density at radius 2 is 1.75 bits per heavy atom. The Balaban J connectivity index is 2.54. The molecule has 1 aromatic heterocycles. The summed E-state index contributed by atoms with van der Waals surface area (Å²) < 4.78 is 1.76. The van der Waals surface area contributed by atoms with Gasteiger partial charge in [-0.05, 0) is 51.0 Å². The van der Waals surface area contributed by atoms with E-state index in [9.17, 15) is 4.79 Å². The number of rotatable bonds is 3. The van der Waals surface area contributed by atoms with E-state index in [1.54, 1.807) is 4.57 Å². The summed E-state index contributed by atoms with van der Waals surface area (Å²) in [6, 6.07) is 9.60. The predicted molar refractivity (Wildman–Crippen MR) is 83.1 cm³/mol. The molecular formula is C17H22N2O. The number of nitrogens with zero attached hydrogens (tertiary/aromatic N) is 1. The highest BCUT2D eigenvalue weighted by molar-refractivity contribution is 5.38. The van der Waals surface area contributed by atoms with Crippen LogP contribution in [0, 0.1) is 20.8 Å². The van der Waals surface area contributed by atoms with Crippen molar-refractivity contribution in [3.8, 4) is 0 Å². The van der Waals surface area contributed by atoms with Gasteiger partial charge in [0, 0.05) is 17.8 Å². The highest BCUT2D eigenvalue weighted by Gasteiger charge is 2.16. The van der Waals surface area contributed by atoms with Crippen LogP contribution in [0.1, 0.15) is 40.9 Å². The van der Waals surface area contributed by atoms with Crippen molar-refractivity contribution >= 4 is 0 Å². The van der Waals surface area contributed by atoms with Crippen LogP contribution < -0.4 is 11.3 Å². The standard InChI is InChI=1S/C17H22N2O/c1-5-19-13(4)7-9-15(17(19)20)16(18)14-8-6-11(2)10-12(14)3/h6-10,16H,5,18H2,1-4H3. The van der Waals surface area contributed by atoms with Crippen LogP contribution >= 0.6 is 0 Å². The summed E-state index contributed by atoms with van der Waals surface area (Å²) in [5.41, 5.74) is 11.3. The zero-order chi connectivity index (χ0) is 14.9. The molecule has 3 heteroatoms. The average molecular weight is 270 g/mol. The number of hydrogen-bond acceptors (Lipinski definition) is 2. The summed E-state index contributed by atoms with van der Waals surface area (Å²) in [6.45, 7) is 8.67. The van der Waals surface area contributed by atoms with Gasteiger partial charge in [-0.2, -0.15) is 0 Å². The van der Waals surface area contributed by atoms with Crippen molar-refractivity contribution in [3.05, 3.63) is 68.6 Å². The number of pyridine rings is 1. The third kappa shape index (κ3) is 2.54. The smallest absolute Gasteiger partial charge is 0.255 e. The molecule has 0 fully saturated rings. The largest absolute Gasteiger partial charge is 0.320 e. The molecule has 1 heterocycles. The monoisotopic (exact) mass is 270 g/mol. The first kappa shape index (κ1) is 14.5. The van der Waals surface area contributed by atoms with Gasteiger partial charge in [0.1, 0.15) is 0 Å². The third-order valence-electron chi connectivity index (χ3n) is 3.83. The SMILES string of the molecule is CCn1c(C)ccc(C(N)c2ccc(C)cc2C)c1=O. The second kappa shape index (κ2) is 5.63. The van der Waals surface area contributed by atoms with Gasteiger partial charge in [0.05, 0.1) is 6.04 Å². The maximum absolute atomic E-state index is 12.5. The van der Waals surface area contributed by atoms with Crippen molar-refractivity contribution in [1.29, 1.82) is 0 Å². The van der Waals surface area contributed by atoms with Gasteiger partial charge in [-0.25, -0.2) is 0 Å². The Bertz CT molecular complexity index is 686. The molecule has 0 spiro atoms. The molecule has 2 N–H and O–H groups in total. The van der Waals surface area contributed by atoms with Crippen molar-refractivity contribution in [1.82, 2.24) is 4.57 Å². The van der Waals surface area contributed by atoms with Crippen LogP contribution in [-0.4, -0.2) is 4.57 Å². The van der Waals surface area contributed by atoms with Crippen LogP contribution in [0.5, 0.6) is 0 Å². The lowest BCUT2D eigenvalue weighted by molar-refractivity contribution is 0.678. The summed E-state index contributed by atoms with van der Waals surface area (Å²) in [4.78, 5) is 12.5. The van der Waals surface area contributed by atoms with E-state index < -0.39 is 0 Å². The summed E-state index contributed by atoms with van der Waals surface area (Å²) in [7, 11) is 0. The molecule has 1 atom stereocenters. The summed E-state index contributed by atoms with van der Waals surface area (Å²) in [5, 5.41) is 0. The summed E-state index contributed by atoms with van der Waals surface area (Å²) in [6.07, 6.45) is 0. The van der Waals surface area contributed by atoms with Gasteiger partial charge in [-0.15, -0.1) is 0 Å². The lowest BCUT2D eigenvalue weighted by Crippen LogP contribution is -2.29. The van der Waals surface area contributed by atoms with Crippen molar-refractivity contribution in [2.45, 2.75) is 40.3 Å². The highest BCUT2D eigenvalue weighted by atomic mass is 16.1. The number of benzene rings is 1. The van der Waals surface area contributed by atoms with Crippen LogP contribution in [0.4, 0.5) is 0 Å². The first-order valence-electron chi connectivity index (χ1n) is 6.98. The Hall–Kier alpha value is -1.87. The molecule has 2 aromatic rings. The van der Waals surface area contributed by atoms with Gasteiger partial charge in [0.15, 0.2) is 0 Å². The third-order valence-corrected chi connectivity index (χ3v) is 3.83. The Kier molecular flexibility index (Phi) is 4.09. The number of aromatic nitrogens is 1. The number of nitrogens with two attached hydrogens (primary N) is 1. The van der Waals surface area contributed by atoms with Gasteiger partial charge < -0.3 is 10.3 Å². The van der Waals surface area contributed by atoms with E-state index in [0.717, 1.165) is 16.8 Å². The molecule has 0 amide bonds. The van der Waals surface area contributed by atoms with E-state index in [-0.39, 0.29) is 11.6 Å². The van der Waals surface area contributed by atoms with E-state index in [2.05, 4.69) is 13.0 Å². The maximum atomic E-state index is 12.5. The first-order valence-corrected chi connectivity index (χ1v) is 6.98. The zero-order valence-corrected chi connectivity index (χ0v) is 12.6. The molecule has 0 bridgehead atoms. The fraction of sp³-hybridized carbons (Fsp3) is 0.353. The van der Waals surface area contributed by atoms with Crippen molar-refractivity contribution in [2.75, 3.05) is 0 Å². The molecule has 0 saturated heterocycles. The minimum Gasteiger partial charge on any atom is -0.320 e. The average Bonchev–Trinajstić information content (AvgIpc) is 2.38. The Morgan fingerprint density at radius 1 is 1.10 bits per heavy atom. The number of hydrogen-bond donors (Lipinski definition) is 1. The van der Waals surface area contributed by atoms with E-state index in [0.29, 0.717) is 12.1 Å². The van der Waals surface area contributed by atoms with E-state index in [4.69, 9.17) is 5.73 Å². The summed E-state index contributed by atoms with van der Waals surface area (Å²) in [5.74, 6) is 0. The normalized spacial score (nSPS) is 12.4.